The Morgan fingerprint density at radius 1 is 1.42 bits per heavy atom. The molecule has 1 saturated carbocycles. The predicted molar refractivity (Wildman–Crippen MR) is 92.5 cm³/mol. The molecule has 6 heteroatoms. The van der Waals surface area contributed by atoms with Crippen molar-refractivity contribution in [1.29, 1.82) is 10.7 Å². The summed E-state index contributed by atoms with van der Waals surface area (Å²) >= 11 is 1.66. The molecule has 24 heavy (non-hydrogen) atoms. The number of aromatic nitrogens is 3. The van der Waals surface area contributed by atoms with Gasteiger partial charge in [0.1, 0.15) is 17.1 Å². The van der Waals surface area contributed by atoms with Gasteiger partial charge in [0.15, 0.2) is 5.16 Å². The van der Waals surface area contributed by atoms with Crippen molar-refractivity contribution in [2.45, 2.75) is 43.8 Å². The third-order valence-corrected chi connectivity index (χ3v) is 6.25. The van der Waals surface area contributed by atoms with Crippen molar-refractivity contribution < 1.29 is 0 Å². The van der Waals surface area contributed by atoms with Gasteiger partial charge in [0.25, 0.3) is 0 Å². The van der Waals surface area contributed by atoms with E-state index < -0.39 is 0 Å². The molecule has 0 amide bonds. The molecule has 1 aliphatic carbocycles. The van der Waals surface area contributed by atoms with Crippen LogP contribution in [-0.4, -0.2) is 20.3 Å². The summed E-state index contributed by atoms with van der Waals surface area (Å²) < 4.78 is 1.86. The van der Waals surface area contributed by atoms with E-state index in [1.54, 1.807) is 18.0 Å². The molecule has 2 aromatic heterocycles. The van der Waals surface area contributed by atoms with E-state index in [1.165, 1.54) is 12.8 Å². The molecule has 2 aliphatic rings. The Kier molecular flexibility index (Phi) is 3.50. The summed E-state index contributed by atoms with van der Waals surface area (Å²) in [5.74, 6) is 1.48. The van der Waals surface area contributed by atoms with Gasteiger partial charge in [-0.15, -0.1) is 0 Å². The minimum absolute atomic E-state index is 0.224. The molecule has 0 spiro atoms. The molecule has 0 bridgehead atoms. The summed E-state index contributed by atoms with van der Waals surface area (Å²) in [5, 5.41) is 18.8. The first-order valence-corrected chi connectivity index (χ1v) is 9.19. The van der Waals surface area contributed by atoms with Gasteiger partial charge in [-0.25, -0.2) is 4.98 Å². The molecule has 5 nitrogen and oxygen atoms in total. The molecule has 1 atom stereocenters. The highest BCUT2D eigenvalue weighted by molar-refractivity contribution is 7.99. The number of fused-ring (bicyclic) bond motifs is 1. The zero-order chi connectivity index (χ0) is 16.9. The fourth-order valence-corrected chi connectivity index (χ4v) is 4.08. The highest BCUT2D eigenvalue weighted by atomic mass is 32.2. The van der Waals surface area contributed by atoms with Crippen LogP contribution in [0.4, 0.5) is 0 Å². The average molecular weight is 337 g/mol. The lowest BCUT2D eigenvalue weighted by Crippen LogP contribution is -2.32. The molecule has 4 rings (SSSR count). The second-order valence-corrected chi connectivity index (χ2v) is 8.09. The van der Waals surface area contributed by atoms with Crippen molar-refractivity contribution in [3.63, 3.8) is 0 Å². The largest absolute Gasteiger partial charge is 0.304 e. The van der Waals surface area contributed by atoms with Crippen LogP contribution >= 0.6 is 11.8 Å². The van der Waals surface area contributed by atoms with Crippen molar-refractivity contribution in [3.8, 4) is 17.3 Å². The average Bonchev–Trinajstić information content (AvgIpc) is 3.34. The molecule has 1 N–H and O–H groups in total. The fourth-order valence-electron chi connectivity index (χ4n) is 3.06. The van der Waals surface area contributed by atoms with E-state index in [4.69, 9.17) is 10.4 Å². The molecule has 0 aromatic carbocycles. The summed E-state index contributed by atoms with van der Waals surface area (Å²) in [5.41, 5.74) is 3.32. The summed E-state index contributed by atoms with van der Waals surface area (Å²) in [6, 6.07) is 6.20. The normalized spacial score (nSPS) is 21.0. The van der Waals surface area contributed by atoms with Crippen LogP contribution in [0.5, 0.6) is 0 Å². The van der Waals surface area contributed by atoms with Crippen LogP contribution in [0.3, 0.4) is 0 Å². The number of hydrogen-bond acceptors (Lipinski definition) is 5. The Hall–Kier alpha value is -2.13. The van der Waals surface area contributed by atoms with Crippen molar-refractivity contribution in [2.75, 3.05) is 5.75 Å². The second-order valence-electron chi connectivity index (χ2n) is 7.10. The molecule has 2 aromatic rings. The van der Waals surface area contributed by atoms with Crippen LogP contribution in [-0.2, 0) is 12.0 Å². The minimum atomic E-state index is 0.224. The monoisotopic (exact) mass is 337 g/mol. The van der Waals surface area contributed by atoms with E-state index in [0.29, 0.717) is 17.2 Å². The summed E-state index contributed by atoms with van der Waals surface area (Å²) in [4.78, 5) is 9.29. The Labute approximate surface area is 145 Å². The Bertz CT molecular complexity index is 903. The summed E-state index contributed by atoms with van der Waals surface area (Å²) in [6.45, 7) is 5.13. The van der Waals surface area contributed by atoms with Gasteiger partial charge in [0.2, 0.25) is 0 Å². The van der Waals surface area contributed by atoms with Gasteiger partial charge < -0.3 is 4.57 Å². The van der Waals surface area contributed by atoms with Gasteiger partial charge in [0.05, 0.1) is 5.69 Å². The van der Waals surface area contributed by atoms with Gasteiger partial charge in [-0.3, -0.25) is 10.4 Å². The summed E-state index contributed by atoms with van der Waals surface area (Å²) in [6.07, 6.45) is 4.17. The van der Waals surface area contributed by atoms with Crippen LogP contribution in [0.15, 0.2) is 23.5 Å². The van der Waals surface area contributed by atoms with Crippen molar-refractivity contribution in [1.82, 2.24) is 14.5 Å². The third-order valence-electron chi connectivity index (χ3n) is 4.94. The first kappa shape index (κ1) is 15.4. The lowest BCUT2D eigenvalue weighted by atomic mass is 10.0. The first-order valence-electron chi connectivity index (χ1n) is 8.21. The molecule has 0 saturated heterocycles. The van der Waals surface area contributed by atoms with E-state index in [-0.39, 0.29) is 10.9 Å². The standard InChI is InChI=1S/C18H19N5S/c1-11-9-23-16(20)13(7-19)15(22-17(23)24-10-11)12-3-4-14(21-8-12)18(2)5-6-18/h3-4,8,11,20H,5-6,9-10H2,1-2H3. The van der Waals surface area contributed by atoms with Gasteiger partial charge in [-0.2, -0.15) is 5.26 Å². The number of nitrogens with zero attached hydrogens (tertiary/aromatic N) is 4. The second kappa shape index (κ2) is 5.45. The lowest BCUT2D eigenvalue weighted by molar-refractivity contribution is 0.452. The van der Waals surface area contributed by atoms with E-state index >= 15 is 0 Å². The Balaban J connectivity index is 1.82. The van der Waals surface area contributed by atoms with Crippen molar-refractivity contribution >= 4 is 11.8 Å². The molecule has 1 aliphatic heterocycles. The van der Waals surface area contributed by atoms with Crippen LogP contribution in [0.1, 0.15) is 37.9 Å². The smallest absolute Gasteiger partial charge is 0.170 e. The van der Waals surface area contributed by atoms with Gasteiger partial charge in [-0.05, 0) is 30.9 Å². The molecule has 122 valence electrons. The molecular formula is C18H19N5S. The van der Waals surface area contributed by atoms with Gasteiger partial charge in [-0.1, -0.05) is 25.6 Å². The molecular weight excluding hydrogens is 318 g/mol. The number of rotatable bonds is 2. The Morgan fingerprint density at radius 3 is 2.83 bits per heavy atom. The molecule has 1 fully saturated rings. The zero-order valence-corrected chi connectivity index (χ0v) is 14.7. The van der Waals surface area contributed by atoms with Crippen LogP contribution in [0.2, 0.25) is 0 Å². The maximum absolute atomic E-state index is 9.57. The first-order chi connectivity index (χ1) is 11.5. The number of hydrogen-bond donors (Lipinski definition) is 1. The predicted octanol–water partition coefficient (Wildman–Crippen LogP) is 3.09. The highest BCUT2D eigenvalue weighted by Crippen LogP contribution is 2.46. The topological polar surface area (TPSA) is 78.3 Å². The molecule has 3 heterocycles. The van der Waals surface area contributed by atoms with Crippen LogP contribution in [0, 0.1) is 22.7 Å². The zero-order valence-electron chi connectivity index (χ0n) is 13.8. The van der Waals surface area contributed by atoms with Gasteiger partial charge in [0, 0.05) is 35.2 Å². The van der Waals surface area contributed by atoms with E-state index in [0.717, 1.165) is 28.7 Å². The SMILES string of the molecule is CC1CSc2nc(-c3ccc(C4(C)CC4)nc3)c(C#N)c(=N)n2C1. The lowest BCUT2D eigenvalue weighted by Gasteiger charge is -2.24. The number of pyridine rings is 1. The number of nitriles is 1. The molecule has 0 radical (unpaired) electrons. The van der Waals surface area contributed by atoms with Crippen LogP contribution < -0.4 is 5.49 Å². The summed E-state index contributed by atoms with van der Waals surface area (Å²) in [7, 11) is 0. The highest BCUT2D eigenvalue weighted by Gasteiger charge is 2.40. The number of thioether (sulfide) groups is 1. The van der Waals surface area contributed by atoms with Crippen LogP contribution in [0.25, 0.3) is 11.3 Å². The molecule has 1 unspecified atom stereocenters. The maximum Gasteiger partial charge on any atom is 0.170 e. The minimum Gasteiger partial charge on any atom is -0.304 e. The van der Waals surface area contributed by atoms with Crippen molar-refractivity contribution in [3.05, 3.63) is 35.1 Å². The fraction of sp³-hybridized carbons (Fsp3) is 0.444. The van der Waals surface area contributed by atoms with Gasteiger partial charge >= 0.3 is 0 Å². The number of nitrogens with one attached hydrogen (secondary N) is 1. The van der Waals surface area contributed by atoms with E-state index in [2.05, 4.69) is 24.9 Å². The van der Waals surface area contributed by atoms with E-state index in [1.807, 2.05) is 16.7 Å². The third kappa shape index (κ3) is 2.44. The quantitative estimate of drug-likeness (QED) is 0.854. The van der Waals surface area contributed by atoms with Crippen molar-refractivity contribution in [2.24, 2.45) is 5.92 Å². The Morgan fingerprint density at radius 2 is 2.21 bits per heavy atom. The van der Waals surface area contributed by atoms with E-state index in [9.17, 15) is 5.26 Å². The maximum atomic E-state index is 9.57.